The molecule has 2 N–H and O–H groups in total. The fourth-order valence-corrected chi connectivity index (χ4v) is 2.55. The molecule has 0 spiro atoms. The summed E-state index contributed by atoms with van der Waals surface area (Å²) in [5.74, 6) is 0.456. The summed E-state index contributed by atoms with van der Waals surface area (Å²) in [7, 11) is 0. The molecule has 5 nitrogen and oxygen atoms in total. The second-order valence-corrected chi connectivity index (χ2v) is 5.12. The lowest BCUT2D eigenvalue weighted by Crippen LogP contribution is -2.48. The molecule has 0 aromatic heterocycles. The van der Waals surface area contributed by atoms with Gasteiger partial charge in [-0.15, -0.1) is 0 Å². The summed E-state index contributed by atoms with van der Waals surface area (Å²) < 4.78 is 11.2. The molecule has 5 heteroatoms. The van der Waals surface area contributed by atoms with Gasteiger partial charge in [-0.2, -0.15) is 0 Å². The van der Waals surface area contributed by atoms with Crippen LogP contribution in [0.25, 0.3) is 0 Å². The largest absolute Gasteiger partial charge is 0.493 e. The third-order valence-corrected chi connectivity index (χ3v) is 3.28. The van der Waals surface area contributed by atoms with Crippen LogP contribution in [-0.4, -0.2) is 42.7 Å². The summed E-state index contributed by atoms with van der Waals surface area (Å²) in [6, 6.07) is 5.30. The van der Waals surface area contributed by atoms with Crippen molar-refractivity contribution >= 4 is 11.6 Å². The number of nitrogen functional groups attached to an aromatic ring is 1. The number of hydrogen-bond acceptors (Lipinski definition) is 4. The smallest absolute Gasteiger partial charge is 0.259 e. The number of amides is 1. The van der Waals surface area contributed by atoms with E-state index in [1.165, 1.54) is 0 Å². The Balaban J connectivity index is 2.28. The first-order chi connectivity index (χ1) is 9.52. The van der Waals surface area contributed by atoms with E-state index in [9.17, 15) is 4.79 Å². The Hall–Kier alpha value is -1.75. The predicted molar refractivity (Wildman–Crippen MR) is 77.9 cm³/mol. The molecule has 0 saturated carbocycles. The van der Waals surface area contributed by atoms with Gasteiger partial charge in [0.25, 0.3) is 5.91 Å². The topological polar surface area (TPSA) is 64.8 Å². The zero-order valence-electron chi connectivity index (χ0n) is 12.3. The molecule has 0 bridgehead atoms. The lowest BCUT2D eigenvalue weighted by Gasteiger charge is -2.35. The van der Waals surface area contributed by atoms with Gasteiger partial charge in [0.2, 0.25) is 0 Å². The van der Waals surface area contributed by atoms with Crippen LogP contribution in [0.2, 0.25) is 0 Å². The van der Waals surface area contributed by atoms with Crippen molar-refractivity contribution in [1.29, 1.82) is 0 Å². The van der Waals surface area contributed by atoms with Gasteiger partial charge in [0, 0.05) is 18.8 Å². The van der Waals surface area contributed by atoms with Gasteiger partial charge in [-0.25, -0.2) is 0 Å². The Kier molecular flexibility index (Phi) is 4.49. The van der Waals surface area contributed by atoms with Crippen molar-refractivity contribution in [3.63, 3.8) is 0 Å². The molecule has 110 valence electrons. The molecule has 1 aliphatic heterocycles. The second-order valence-electron chi connectivity index (χ2n) is 5.12. The first kappa shape index (κ1) is 14.7. The Morgan fingerprint density at radius 2 is 2.05 bits per heavy atom. The molecule has 1 amide bonds. The number of carbonyl (C=O) groups excluding carboxylic acids is 1. The fraction of sp³-hybridized carbons (Fsp3) is 0.533. The van der Waals surface area contributed by atoms with Crippen molar-refractivity contribution in [3.8, 4) is 5.75 Å². The molecule has 1 aromatic rings. The second kappa shape index (κ2) is 6.13. The number of carbonyl (C=O) groups is 1. The van der Waals surface area contributed by atoms with Gasteiger partial charge >= 0.3 is 0 Å². The van der Waals surface area contributed by atoms with Gasteiger partial charge in [0.1, 0.15) is 11.3 Å². The van der Waals surface area contributed by atoms with E-state index in [-0.39, 0.29) is 18.1 Å². The number of rotatable bonds is 3. The van der Waals surface area contributed by atoms with Crippen LogP contribution in [0.4, 0.5) is 5.69 Å². The number of benzene rings is 1. The molecule has 1 saturated heterocycles. The monoisotopic (exact) mass is 278 g/mol. The Bertz CT molecular complexity index is 480. The van der Waals surface area contributed by atoms with E-state index in [2.05, 4.69) is 0 Å². The molecule has 2 rings (SSSR count). The molecule has 20 heavy (non-hydrogen) atoms. The zero-order chi connectivity index (χ0) is 14.7. The summed E-state index contributed by atoms with van der Waals surface area (Å²) in [6.07, 6.45) is 0.0614. The summed E-state index contributed by atoms with van der Waals surface area (Å²) >= 11 is 0. The number of morpholine rings is 1. The van der Waals surface area contributed by atoms with Crippen molar-refractivity contribution < 1.29 is 14.3 Å². The number of hydrogen-bond donors (Lipinski definition) is 1. The zero-order valence-corrected chi connectivity index (χ0v) is 12.3. The maximum atomic E-state index is 12.7. The first-order valence-corrected chi connectivity index (χ1v) is 6.99. The maximum absolute atomic E-state index is 12.7. The molecular weight excluding hydrogens is 256 g/mol. The number of ether oxygens (including phenoxy) is 2. The van der Waals surface area contributed by atoms with Crippen LogP contribution in [0.15, 0.2) is 18.2 Å². The third kappa shape index (κ3) is 3.04. The van der Waals surface area contributed by atoms with Gasteiger partial charge in [0.15, 0.2) is 0 Å². The SMILES string of the molecule is CCOc1cccc(N)c1C(=O)N1CC(C)OC(C)C1. The Morgan fingerprint density at radius 3 is 2.65 bits per heavy atom. The molecule has 2 unspecified atom stereocenters. The molecular formula is C15H22N2O3. The van der Waals surface area contributed by atoms with Crippen molar-refractivity contribution in [2.75, 3.05) is 25.4 Å². The summed E-state index contributed by atoms with van der Waals surface area (Å²) in [6.45, 7) is 7.46. The molecule has 2 atom stereocenters. The summed E-state index contributed by atoms with van der Waals surface area (Å²) in [5.41, 5.74) is 6.88. The summed E-state index contributed by atoms with van der Waals surface area (Å²) in [4.78, 5) is 14.5. The molecule has 1 fully saturated rings. The van der Waals surface area contributed by atoms with E-state index in [0.29, 0.717) is 36.7 Å². The highest BCUT2D eigenvalue weighted by atomic mass is 16.5. The average molecular weight is 278 g/mol. The molecule has 0 radical (unpaired) electrons. The highest BCUT2D eigenvalue weighted by molar-refractivity contribution is 6.02. The highest BCUT2D eigenvalue weighted by Gasteiger charge is 2.29. The number of nitrogens with two attached hydrogens (primary N) is 1. The van der Waals surface area contributed by atoms with Gasteiger partial charge in [-0.3, -0.25) is 4.79 Å². The lowest BCUT2D eigenvalue weighted by atomic mass is 10.1. The normalized spacial score (nSPS) is 22.6. The van der Waals surface area contributed by atoms with Crippen LogP contribution in [0, 0.1) is 0 Å². The Morgan fingerprint density at radius 1 is 1.40 bits per heavy atom. The van der Waals surface area contributed by atoms with Crippen LogP contribution in [-0.2, 0) is 4.74 Å². The van der Waals surface area contributed by atoms with E-state index in [1.807, 2.05) is 20.8 Å². The van der Waals surface area contributed by atoms with Crippen molar-refractivity contribution in [1.82, 2.24) is 4.90 Å². The molecule has 1 aromatic carbocycles. The molecule has 0 aliphatic carbocycles. The van der Waals surface area contributed by atoms with Gasteiger partial charge in [-0.1, -0.05) is 6.07 Å². The minimum absolute atomic E-state index is 0.0307. The third-order valence-electron chi connectivity index (χ3n) is 3.28. The fourth-order valence-electron chi connectivity index (χ4n) is 2.55. The van der Waals surface area contributed by atoms with Crippen molar-refractivity contribution in [3.05, 3.63) is 23.8 Å². The van der Waals surface area contributed by atoms with Gasteiger partial charge in [0.05, 0.1) is 18.8 Å². The van der Waals surface area contributed by atoms with Crippen LogP contribution < -0.4 is 10.5 Å². The minimum Gasteiger partial charge on any atom is -0.493 e. The quantitative estimate of drug-likeness (QED) is 0.858. The predicted octanol–water partition coefficient (Wildman–Crippen LogP) is 1.92. The van der Waals surface area contributed by atoms with E-state index in [1.54, 1.807) is 23.1 Å². The van der Waals surface area contributed by atoms with Crippen LogP contribution >= 0.6 is 0 Å². The lowest BCUT2D eigenvalue weighted by molar-refractivity contribution is -0.0586. The number of anilines is 1. The molecule has 1 aliphatic rings. The number of nitrogens with zero attached hydrogens (tertiary/aromatic N) is 1. The van der Waals surface area contributed by atoms with Crippen LogP contribution in [0.5, 0.6) is 5.75 Å². The van der Waals surface area contributed by atoms with Gasteiger partial charge in [-0.05, 0) is 32.9 Å². The summed E-state index contributed by atoms with van der Waals surface area (Å²) in [5, 5.41) is 0. The van der Waals surface area contributed by atoms with E-state index >= 15 is 0 Å². The van der Waals surface area contributed by atoms with E-state index in [4.69, 9.17) is 15.2 Å². The van der Waals surface area contributed by atoms with Crippen LogP contribution in [0.3, 0.4) is 0 Å². The standard InChI is InChI=1S/C15H22N2O3/c1-4-19-13-7-5-6-12(16)14(13)15(18)17-8-10(2)20-11(3)9-17/h5-7,10-11H,4,8-9,16H2,1-3H3. The molecule has 1 heterocycles. The maximum Gasteiger partial charge on any atom is 0.259 e. The van der Waals surface area contributed by atoms with Gasteiger partial charge < -0.3 is 20.1 Å². The van der Waals surface area contributed by atoms with E-state index < -0.39 is 0 Å². The van der Waals surface area contributed by atoms with Crippen molar-refractivity contribution in [2.24, 2.45) is 0 Å². The van der Waals surface area contributed by atoms with Crippen LogP contribution in [0.1, 0.15) is 31.1 Å². The average Bonchev–Trinajstić information content (AvgIpc) is 2.37. The van der Waals surface area contributed by atoms with Crippen molar-refractivity contribution in [2.45, 2.75) is 33.0 Å². The first-order valence-electron chi connectivity index (χ1n) is 6.99. The minimum atomic E-state index is -0.0893. The Labute approximate surface area is 119 Å². The van der Waals surface area contributed by atoms with E-state index in [0.717, 1.165) is 0 Å². The highest BCUT2D eigenvalue weighted by Crippen LogP contribution is 2.27.